The summed E-state index contributed by atoms with van der Waals surface area (Å²) in [7, 11) is -3.62. The van der Waals surface area contributed by atoms with E-state index in [1.807, 2.05) is 0 Å². The maximum absolute atomic E-state index is 12.1. The van der Waals surface area contributed by atoms with E-state index in [9.17, 15) is 8.42 Å². The Hall–Kier alpha value is -1.56. The van der Waals surface area contributed by atoms with Gasteiger partial charge >= 0.3 is 0 Å². The van der Waals surface area contributed by atoms with Crippen molar-refractivity contribution in [3.8, 4) is 12.1 Å². The lowest BCUT2D eigenvalue weighted by Crippen LogP contribution is -2.14. The number of sulfone groups is 1. The third-order valence-corrected chi connectivity index (χ3v) is 5.31. The molecule has 86 valence electrons. The normalized spacial score (nSPS) is 21.2. The lowest BCUT2D eigenvalue weighted by atomic mass is 10.2. The maximum atomic E-state index is 12.1. The van der Waals surface area contributed by atoms with Crippen molar-refractivity contribution >= 4 is 21.4 Å². The van der Waals surface area contributed by atoms with E-state index in [1.165, 1.54) is 24.3 Å². The van der Waals surface area contributed by atoms with Crippen LogP contribution in [0.1, 0.15) is 6.42 Å². The van der Waals surface area contributed by atoms with Crippen LogP contribution in [0.25, 0.3) is 0 Å². The van der Waals surface area contributed by atoms with Gasteiger partial charge in [-0.25, -0.2) is 8.42 Å². The molecule has 0 bridgehead atoms. The Morgan fingerprint density at radius 2 is 1.76 bits per heavy atom. The van der Waals surface area contributed by atoms with Crippen LogP contribution >= 0.6 is 11.6 Å². The first-order valence-electron chi connectivity index (χ1n) is 4.78. The smallest absolute Gasteiger partial charge is 0.183 e. The quantitative estimate of drug-likeness (QED) is 0.819. The van der Waals surface area contributed by atoms with Gasteiger partial charge in [0.2, 0.25) is 0 Å². The first kappa shape index (κ1) is 11.9. The molecule has 1 aromatic rings. The maximum Gasteiger partial charge on any atom is 0.183 e. The van der Waals surface area contributed by atoms with E-state index in [0.717, 1.165) is 0 Å². The van der Waals surface area contributed by atoms with Gasteiger partial charge in [0.25, 0.3) is 0 Å². The standard InChI is InChI=1S/C11H7ClN2O2S/c12-8-1-3-9(4-2-8)17(15,16)10-5-11(10,6-13)7-14/h1-4,10H,5H2/t10-/m0/s1. The Labute approximate surface area is 104 Å². The molecular formula is C11H7ClN2O2S. The molecule has 4 nitrogen and oxygen atoms in total. The number of nitriles is 2. The summed E-state index contributed by atoms with van der Waals surface area (Å²) in [6.07, 6.45) is 0.0744. The van der Waals surface area contributed by atoms with Crippen molar-refractivity contribution in [2.24, 2.45) is 5.41 Å². The zero-order chi connectivity index (χ0) is 12.7. The highest BCUT2D eigenvalue weighted by Gasteiger charge is 2.63. The molecule has 0 N–H and O–H groups in total. The third-order valence-electron chi connectivity index (χ3n) is 2.81. The Morgan fingerprint density at radius 1 is 1.24 bits per heavy atom. The summed E-state index contributed by atoms with van der Waals surface area (Å²) in [5, 5.41) is 17.2. The molecule has 1 aliphatic rings. The second kappa shape index (κ2) is 3.73. The van der Waals surface area contributed by atoms with Crippen LogP contribution in [0.3, 0.4) is 0 Å². The Balaban J connectivity index is 2.39. The summed E-state index contributed by atoms with van der Waals surface area (Å²) in [6, 6.07) is 9.25. The average Bonchev–Trinajstić information content (AvgIpc) is 3.06. The minimum atomic E-state index is -3.62. The summed E-state index contributed by atoms with van der Waals surface area (Å²) in [5.74, 6) is 0. The summed E-state index contributed by atoms with van der Waals surface area (Å²) >= 11 is 5.67. The van der Waals surface area contributed by atoms with Crippen LogP contribution in [0.4, 0.5) is 0 Å². The molecule has 0 aromatic heterocycles. The number of nitrogens with zero attached hydrogens (tertiary/aromatic N) is 2. The number of hydrogen-bond donors (Lipinski definition) is 0. The monoisotopic (exact) mass is 266 g/mol. The molecule has 0 unspecified atom stereocenters. The summed E-state index contributed by atoms with van der Waals surface area (Å²) in [5.41, 5.74) is -1.38. The molecule has 1 fully saturated rings. The molecule has 1 saturated carbocycles. The Bertz CT molecular complexity index is 624. The third kappa shape index (κ3) is 1.78. The van der Waals surface area contributed by atoms with E-state index in [0.29, 0.717) is 5.02 Å². The van der Waals surface area contributed by atoms with Gasteiger partial charge in [0.1, 0.15) is 5.25 Å². The molecule has 0 spiro atoms. The predicted octanol–water partition coefficient (Wildman–Crippen LogP) is 1.92. The van der Waals surface area contributed by atoms with E-state index in [4.69, 9.17) is 22.1 Å². The van der Waals surface area contributed by atoms with Crippen LogP contribution in [0.2, 0.25) is 5.02 Å². The Kier molecular flexibility index (Phi) is 2.61. The number of benzene rings is 1. The average molecular weight is 267 g/mol. The fraction of sp³-hybridized carbons (Fsp3) is 0.273. The first-order valence-corrected chi connectivity index (χ1v) is 6.71. The SMILES string of the molecule is N#CC1(C#N)C[C@@H]1S(=O)(=O)c1ccc(Cl)cc1. The van der Waals surface area contributed by atoms with Crippen LogP contribution in [-0.2, 0) is 9.84 Å². The molecule has 6 heteroatoms. The molecule has 0 saturated heterocycles. The topological polar surface area (TPSA) is 81.7 Å². The van der Waals surface area contributed by atoms with Gasteiger partial charge in [-0.3, -0.25) is 0 Å². The minimum Gasteiger partial charge on any atom is -0.223 e. The van der Waals surface area contributed by atoms with E-state index in [2.05, 4.69) is 0 Å². The highest BCUT2D eigenvalue weighted by atomic mass is 35.5. The highest BCUT2D eigenvalue weighted by molar-refractivity contribution is 7.92. The van der Waals surface area contributed by atoms with Crippen molar-refractivity contribution in [1.82, 2.24) is 0 Å². The van der Waals surface area contributed by atoms with Crippen molar-refractivity contribution in [2.75, 3.05) is 0 Å². The van der Waals surface area contributed by atoms with Crippen LogP contribution < -0.4 is 0 Å². The molecule has 2 rings (SSSR count). The first-order chi connectivity index (χ1) is 7.96. The molecular weight excluding hydrogens is 260 g/mol. The number of hydrogen-bond acceptors (Lipinski definition) is 4. The van der Waals surface area contributed by atoms with Crippen LogP contribution in [0, 0.1) is 28.1 Å². The lowest BCUT2D eigenvalue weighted by molar-refractivity contribution is 0.591. The van der Waals surface area contributed by atoms with Gasteiger partial charge in [-0.15, -0.1) is 0 Å². The summed E-state index contributed by atoms with van der Waals surface area (Å²) in [4.78, 5) is 0.0966. The second-order valence-electron chi connectivity index (χ2n) is 3.89. The van der Waals surface area contributed by atoms with Crippen LogP contribution in [0.15, 0.2) is 29.2 Å². The van der Waals surface area contributed by atoms with Crippen LogP contribution in [-0.4, -0.2) is 13.7 Å². The van der Waals surface area contributed by atoms with Crippen LogP contribution in [0.5, 0.6) is 0 Å². The molecule has 0 aliphatic heterocycles. The fourth-order valence-electron chi connectivity index (χ4n) is 1.66. The fourth-order valence-corrected chi connectivity index (χ4v) is 3.74. The number of halogens is 1. The molecule has 17 heavy (non-hydrogen) atoms. The zero-order valence-corrected chi connectivity index (χ0v) is 10.2. The lowest BCUT2D eigenvalue weighted by Gasteiger charge is -2.03. The highest BCUT2D eigenvalue weighted by Crippen LogP contribution is 2.51. The molecule has 0 amide bonds. The molecule has 0 heterocycles. The van der Waals surface area contributed by atoms with E-state index >= 15 is 0 Å². The van der Waals surface area contributed by atoms with Crippen molar-refractivity contribution in [1.29, 1.82) is 10.5 Å². The van der Waals surface area contributed by atoms with Crippen molar-refractivity contribution in [2.45, 2.75) is 16.6 Å². The largest absolute Gasteiger partial charge is 0.223 e. The van der Waals surface area contributed by atoms with E-state index in [-0.39, 0.29) is 11.3 Å². The predicted molar refractivity (Wildman–Crippen MR) is 60.7 cm³/mol. The van der Waals surface area contributed by atoms with Gasteiger partial charge in [-0.2, -0.15) is 10.5 Å². The van der Waals surface area contributed by atoms with Gasteiger partial charge in [0, 0.05) is 11.4 Å². The van der Waals surface area contributed by atoms with Gasteiger partial charge in [0.05, 0.1) is 17.0 Å². The summed E-state index contributed by atoms with van der Waals surface area (Å²) in [6.45, 7) is 0. The molecule has 0 radical (unpaired) electrons. The van der Waals surface area contributed by atoms with Crippen molar-refractivity contribution in [3.05, 3.63) is 29.3 Å². The minimum absolute atomic E-state index is 0.0744. The van der Waals surface area contributed by atoms with Gasteiger partial charge < -0.3 is 0 Å². The molecule has 1 aromatic carbocycles. The van der Waals surface area contributed by atoms with E-state index < -0.39 is 20.5 Å². The van der Waals surface area contributed by atoms with Gasteiger partial charge in [0.15, 0.2) is 15.3 Å². The van der Waals surface area contributed by atoms with Crippen molar-refractivity contribution < 1.29 is 8.42 Å². The van der Waals surface area contributed by atoms with Gasteiger partial charge in [-0.1, -0.05) is 11.6 Å². The number of rotatable bonds is 2. The Morgan fingerprint density at radius 3 is 2.18 bits per heavy atom. The van der Waals surface area contributed by atoms with Crippen molar-refractivity contribution in [3.63, 3.8) is 0 Å². The van der Waals surface area contributed by atoms with Gasteiger partial charge in [-0.05, 0) is 24.3 Å². The molecule has 1 aliphatic carbocycles. The molecule has 1 atom stereocenters. The second-order valence-corrected chi connectivity index (χ2v) is 6.45. The van der Waals surface area contributed by atoms with E-state index in [1.54, 1.807) is 12.1 Å². The summed E-state index contributed by atoms with van der Waals surface area (Å²) < 4.78 is 24.2. The zero-order valence-electron chi connectivity index (χ0n) is 8.59.